The average Bonchev–Trinajstić information content (AvgIpc) is 2.92. The number of carboxylic acids is 1. The molecule has 2 heterocycles. The summed E-state index contributed by atoms with van der Waals surface area (Å²) in [5.74, 6) is -3.11. The number of alkyl halides is 1. The lowest BCUT2D eigenvalue weighted by atomic mass is 9.71. The minimum Gasteiger partial charge on any atom is -0.497 e. The van der Waals surface area contributed by atoms with Crippen molar-refractivity contribution >= 4 is 16.9 Å². The molecule has 0 saturated carbocycles. The highest BCUT2D eigenvalue weighted by atomic mass is 19.1. The zero-order valence-corrected chi connectivity index (χ0v) is 22.4. The Morgan fingerprint density at radius 2 is 1.85 bits per heavy atom. The first-order chi connectivity index (χ1) is 19.1. The number of piperidine rings is 1. The third-order valence-corrected chi connectivity index (χ3v) is 8.07. The molecule has 0 radical (unpaired) electrons. The number of likely N-dealkylation sites (tertiary alicyclic amines) is 1. The van der Waals surface area contributed by atoms with Gasteiger partial charge in [0.05, 0.1) is 25.2 Å². The van der Waals surface area contributed by atoms with E-state index >= 15 is 0 Å². The van der Waals surface area contributed by atoms with Crippen molar-refractivity contribution in [2.75, 3.05) is 26.7 Å². The van der Waals surface area contributed by atoms with Crippen LogP contribution >= 0.6 is 0 Å². The second-order valence-corrected chi connectivity index (χ2v) is 10.6. The number of aliphatic carboxylic acids is 1. The van der Waals surface area contributed by atoms with Crippen molar-refractivity contribution < 1.29 is 37.3 Å². The first-order valence-corrected chi connectivity index (χ1v) is 13.4. The molecule has 1 fully saturated rings. The number of pyridine rings is 1. The van der Waals surface area contributed by atoms with E-state index in [0.29, 0.717) is 79.7 Å². The zero-order chi connectivity index (χ0) is 28.9. The number of aliphatic hydroxyl groups is 1. The molecule has 10 heteroatoms. The Bertz CT molecular complexity index is 1320. The van der Waals surface area contributed by atoms with Crippen LogP contribution < -0.4 is 4.74 Å². The number of aromatic nitrogens is 1. The van der Waals surface area contributed by atoms with Crippen LogP contribution in [0.15, 0.2) is 36.5 Å². The van der Waals surface area contributed by atoms with Crippen LogP contribution in [0.5, 0.6) is 5.75 Å². The fraction of sp³-hybridized carbons (Fsp3) is 0.467. The third-order valence-electron chi connectivity index (χ3n) is 8.07. The van der Waals surface area contributed by atoms with E-state index in [1.165, 1.54) is 13.3 Å². The molecule has 1 atom stereocenters. The number of halogens is 4. The summed E-state index contributed by atoms with van der Waals surface area (Å²) in [7, 11) is 1.52. The van der Waals surface area contributed by atoms with Crippen molar-refractivity contribution in [3.05, 3.63) is 70.7 Å². The van der Waals surface area contributed by atoms with Crippen LogP contribution in [0.3, 0.4) is 0 Å². The van der Waals surface area contributed by atoms with Gasteiger partial charge in [0.15, 0.2) is 0 Å². The molecular weight excluding hydrogens is 528 g/mol. The first-order valence-electron chi connectivity index (χ1n) is 13.4. The predicted molar refractivity (Wildman–Crippen MR) is 142 cm³/mol. The maximum Gasteiger partial charge on any atom is 0.303 e. The lowest BCUT2D eigenvalue weighted by Crippen LogP contribution is -2.41. The van der Waals surface area contributed by atoms with Crippen molar-refractivity contribution in [3.63, 3.8) is 0 Å². The molecule has 3 aromatic rings. The Labute approximate surface area is 230 Å². The van der Waals surface area contributed by atoms with Gasteiger partial charge in [0.1, 0.15) is 29.9 Å². The van der Waals surface area contributed by atoms with Gasteiger partial charge >= 0.3 is 5.97 Å². The van der Waals surface area contributed by atoms with Crippen LogP contribution in [0.25, 0.3) is 10.9 Å². The van der Waals surface area contributed by atoms with Gasteiger partial charge in [-0.2, -0.15) is 0 Å². The molecule has 0 spiro atoms. The van der Waals surface area contributed by atoms with Gasteiger partial charge in [-0.1, -0.05) is 0 Å². The summed E-state index contributed by atoms with van der Waals surface area (Å²) >= 11 is 0. The van der Waals surface area contributed by atoms with E-state index in [1.807, 2.05) is 0 Å². The van der Waals surface area contributed by atoms with Crippen LogP contribution in [0.2, 0.25) is 0 Å². The van der Waals surface area contributed by atoms with E-state index in [4.69, 9.17) is 4.74 Å². The van der Waals surface area contributed by atoms with Crippen LogP contribution in [-0.2, 0) is 17.9 Å². The molecule has 2 aromatic carbocycles. The number of rotatable bonds is 12. The lowest BCUT2D eigenvalue weighted by molar-refractivity contribution is -0.141. The number of carbonyl (C=O) groups is 1. The zero-order valence-electron chi connectivity index (χ0n) is 22.4. The predicted octanol–water partition coefficient (Wildman–Crippen LogP) is 6.13. The first kappa shape index (κ1) is 29.7. The monoisotopic (exact) mass is 562 g/mol. The maximum absolute atomic E-state index is 13.9. The Kier molecular flexibility index (Phi) is 9.63. The molecule has 1 unspecified atom stereocenters. The van der Waals surface area contributed by atoms with Crippen LogP contribution in [0.1, 0.15) is 61.3 Å². The van der Waals surface area contributed by atoms with E-state index < -0.39 is 41.6 Å². The van der Waals surface area contributed by atoms with Gasteiger partial charge in [-0.05, 0) is 87.3 Å². The molecule has 1 aliphatic rings. The van der Waals surface area contributed by atoms with Gasteiger partial charge in [-0.3, -0.25) is 9.78 Å². The SMILES string of the molecule is COc1ccc2ncc(CF)c(C(O)CCC3(CC(=O)O)CCN(CCCc4c(F)cc(F)cc4F)CC3)c2c1. The molecule has 6 nitrogen and oxygen atoms in total. The molecule has 0 aliphatic carbocycles. The quantitative estimate of drug-likeness (QED) is 0.258. The largest absolute Gasteiger partial charge is 0.497 e. The number of benzene rings is 2. The summed E-state index contributed by atoms with van der Waals surface area (Å²) in [5, 5.41) is 21.5. The van der Waals surface area contributed by atoms with Crippen molar-refractivity contribution in [1.29, 1.82) is 0 Å². The summed E-state index contributed by atoms with van der Waals surface area (Å²) in [6.07, 6.45) is 2.77. The number of carboxylic acid groups (broad SMARTS) is 1. The van der Waals surface area contributed by atoms with E-state index in [0.717, 1.165) is 0 Å². The summed E-state index contributed by atoms with van der Waals surface area (Å²) in [5.41, 5.74) is 0.635. The van der Waals surface area contributed by atoms with Crippen molar-refractivity contribution in [2.24, 2.45) is 5.41 Å². The average molecular weight is 563 g/mol. The van der Waals surface area contributed by atoms with Gasteiger partial charge in [0.2, 0.25) is 0 Å². The van der Waals surface area contributed by atoms with Gasteiger partial charge < -0.3 is 19.8 Å². The topological polar surface area (TPSA) is 82.9 Å². The minimum absolute atomic E-state index is 0.0551. The Balaban J connectivity index is 1.41. The summed E-state index contributed by atoms with van der Waals surface area (Å²) < 4.78 is 60.2. The van der Waals surface area contributed by atoms with Crippen molar-refractivity contribution in [1.82, 2.24) is 9.88 Å². The Hall–Kier alpha value is -3.24. The van der Waals surface area contributed by atoms with E-state index in [1.54, 1.807) is 18.2 Å². The summed E-state index contributed by atoms with van der Waals surface area (Å²) in [6.45, 7) is 0.964. The number of ether oxygens (including phenoxy) is 1. The fourth-order valence-electron chi connectivity index (χ4n) is 5.82. The number of hydrogen-bond donors (Lipinski definition) is 2. The Morgan fingerprint density at radius 3 is 2.48 bits per heavy atom. The van der Waals surface area contributed by atoms with Crippen LogP contribution in [0, 0.1) is 22.9 Å². The van der Waals surface area contributed by atoms with E-state index in [-0.39, 0.29) is 30.4 Å². The molecule has 0 bridgehead atoms. The van der Waals surface area contributed by atoms with E-state index in [9.17, 15) is 32.6 Å². The van der Waals surface area contributed by atoms with Crippen molar-refractivity contribution in [3.8, 4) is 5.75 Å². The number of methoxy groups -OCH3 is 1. The number of nitrogens with zero attached hydrogens (tertiary/aromatic N) is 2. The van der Waals surface area contributed by atoms with Gasteiger partial charge in [-0.25, -0.2) is 17.6 Å². The molecule has 0 amide bonds. The molecular formula is C30H34F4N2O4. The molecule has 1 aromatic heterocycles. The van der Waals surface area contributed by atoms with Gasteiger partial charge in [0.25, 0.3) is 0 Å². The molecule has 4 rings (SSSR count). The summed E-state index contributed by atoms with van der Waals surface area (Å²) in [4.78, 5) is 18.2. The lowest BCUT2D eigenvalue weighted by Gasteiger charge is -2.41. The third kappa shape index (κ3) is 6.90. The second kappa shape index (κ2) is 13.0. The number of fused-ring (bicyclic) bond motifs is 1. The molecule has 216 valence electrons. The number of aliphatic hydroxyl groups excluding tert-OH is 1. The molecule has 1 saturated heterocycles. The van der Waals surface area contributed by atoms with Gasteiger partial charge in [0, 0.05) is 34.8 Å². The molecule has 40 heavy (non-hydrogen) atoms. The van der Waals surface area contributed by atoms with Crippen LogP contribution in [-0.4, -0.2) is 52.8 Å². The Morgan fingerprint density at radius 1 is 1.15 bits per heavy atom. The van der Waals surface area contributed by atoms with Crippen LogP contribution in [0.4, 0.5) is 17.6 Å². The number of hydrogen-bond acceptors (Lipinski definition) is 5. The highest BCUT2D eigenvalue weighted by Gasteiger charge is 2.37. The summed E-state index contributed by atoms with van der Waals surface area (Å²) in [6, 6.07) is 6.55. The van der Waals surface area contributed by atoms with E-state index in [2.05, 4.69) is 9.88 Å². The minimum atomic E-state index is -1.02. The highest BCUT2D eigenvalue weighted by Crippen LogP contribution is 2.42. The molecule has 1 aliphatic heterocycles. The maximum atomic E-state index is 13.9. The van der Waals surface area contributed by atoms with Crippen molar-refractivity contribution in [2.45, 2.75) is 57.7 Å². The highest BCUT2D eigenvalue weighted by molar-refractivity contribution is 5.85. The van der Waals surface area contributed by atoms with Gasteiger partial charge in [-0.15, -0.1) is 0 Å². The normalized spacial score (nSPS) is 16.2. The standard InChI is InChI=1S/C30H34F4N2O4/c1-40-21-4-5-26-23(15-21)29(19(17-31)18-35-26)27(37)6-7-30(16-28(38)39)8-11-36(12-9-30)10-2-3-22-24(33)13-20(32)14-25(22)34/h4-5,13-15,18,27,37H,2-3,6-12,16-17H2,1H3,(H,38,39). The smallest absolute Gasteiger partial charge is 0.303 e. The second-order valence-electron chi connectivity index (χ2n) is 10.6. The fourth-order valence-corrected chi connectivity index (χ4v) is 5.82. The molecule has 2 N–H and O–H groups in total.